The molecule has 2 aromatic carbocycles. The van der Waals surface area contributed by atoms with E-state index in [0.717, 1.165) is 6.26 Å². The first kappa shape index (κ1) is 20.9. The van der Waals surface area contributed by atoms with Crippen molar-refractivity contribution in [2.45, 2.75) is 13.2 Å². The summed E-state index contributed by atoms with van der Waals surface area (Å²) in [7, 11) is -1.99. The summed E-state index contributed by atoms with van der Waals surface area (Å²) in [6, 6.07) is 10.2. The standard InChI is InChI=1S/C17H17ClF2N2O4S/c1-22(10-11-3-6-13(7-4-11)26-17(19)20)16(23)12-5-8-14(18)15(9-12)21-27(2,24)25/h3-9,17,21H,10H2,1-2H3. The van der Waals surface area contributed by atoms with Crippen molar-refractivity contribution in [3.63, 3.8) is 0 Å². The number of amides is 1. The molecule has 1 N–H and O–H groups in total. The van der Waals surface area contributed by atoms with Gasteiger partial charge in [-0.05, 0) is 35.9 Å². The fourth-order valence-corrected chi connectivity index (χ4v) is 3.07. The second kappa shape index (κ2) is 8.53. The second-order valence-electron chi connectivity index (χ2n) is 5.75. The van der Waals surface area contributed by atoms with E-state index >= 15 is 0 Å². The van der Waals surface area contributed by atoms with Gasteiger partial charge in [-0.1, -0.05) is 23.7 Å². The van der Waals surface area contributed by atoms with Crippen LogP contribution in [0.5, 0.6) is 5.75 Å². The highest BCUT2D eigenvalue weighted by Crippen LogP contribution is 2.25. The highest BCUT2D eigenvalue weighted by Gasteiger charge is 2.15. The molecule has 0 aliphatic rings. The minimum absolute atomic E-state index is 0.0249. The van der Waals surface area contributed by atoms with Gasteiger partial charge in [-0.3, -0.25) is 9.52 Å². The van der Waals surface area contributed by atoms with Crippen LogP contribution in [0.15, 0.2) is 42.5 Å². The molecule has 2 aromatic rings. The number of alkyl halides is 2. The number of rotatable bonds is 7. The highest BCUT2D eigenvalue weighted by molar-refractivity contribution is 7.92. The Kier molecular flexibility index (Phi) is 6.61. The van der Waals surface area contributed by atoms with Gasteiger partial charge in [0.2, 0.25) is 10.0 Å². The molecule has 0 saturated carbocycles. The molecule has 0 heterocycles. The van der Waals surface area contributed by atoms with Crippen LogP contribution >= 0.6 is 11.6 Å². The van der Waals surface area contributed by atoms with Crippen LogP contribution in [0.4, 0.5) is 14.5 Å². The second-order valence-corrected chi connectivity index (χ2v) is 7.91. The van der Waals surface area contributed by atoms with E-state index in [-0.39, 0.29) is 34.5 Å². The van der Waals surface area contributed by atoms with Crippen molar-refractivity contribution < 1.29 is 26.7 Å². The van der Waals surface area contributed by atoms with Gasteiger partial charge in [0.25, 0.3) is 5.91 Å². The number of halogens is 3. The normalized spacial score (nSPS) is 11.3. The number of nitrogens with one attached hydrogen (secondary N) is 1. The first-order valence-corrected chi connectivity index (χ1v) is 9.88. The summed E-state index contributed by atoms with van der Waals surface area (Å²) in [6.07, 6.45) is 0.978. The third-order valence-electron chi connectivity index (χ3n) is 3.42. The number of carbonyl (C=O) groups is 1. The molecule has 0 radical (unpaired) electrons. The molecule has 0 aliphatic carbocycles. The van der Waals surface area contributed by atoms with Crippen molar-refractivity contribution in [3.05, 3.63) is 58.6 Å². The Morgan fingerprint density at radius 3 is 2.41 bits per heavy atom. The highest BCUT2D eigenvalue weighted by atomic mass is 35.5. The summed E-state index contributed by atoms with van der Waals surface area (Å²) < 4.78 is 53.6. The van der Waals surface area contributed by atoms with Gasteiger partial charge in [-0.15, -0.1) is 0 Å². The Morgan fingerprint density at radius 1 is 1.22 bits per heavy atom. The Morgan fingerprint density at radius 2 is 1.85 bits per heavy atom. The van der Waals surface area contributed by atoms with E-state index in [9.17, 15) is 22.0 Å². The van der Waals surface area contributed by atoms with Gasteiger partial charge in [-0.2, -0.15) is 8.78 Å². The van der Waals surface area contributed by atoms with Crippen LogP contribution in [0, 0.1) is 0 Å². The van der Waals surface area contributed by atoms with E-state index in [2.05, 4.69) is 9.46 Å². The zero-order valence-corrected chi connectivity index (χ0v) is 16.0. The molecule has 10 heteroatoms. The van der Waals surface area contributed by atoms with Crippen molar-refractivity contribution in [2.24, 2.45) is 0 Å². The molecule has 0 aromatic heterocycles. The molecule has 0 saturated heterocycles. The topological polar surface area (TPSA) is 75.7 Å². The third kappa shape index (κ3) is 6.37. The van der Waals surface area contributed by atoms with Crippen LogP contribution in [0.2, 0.25) is 5.02 Å². The number of benzene rings is 2. The van der Waals surface area contributed by atoms with Gasteiger partial charge >= 0.3 is 6.61 Å². The molecule has 0 bridgehead atoms. The van der Waals surface area contributed by atoms with E-state index in [1.54, 1.807) is 19.2 Å². The van der Waals surface area contributed by atoms with Gasteiger partial charge in [0.1, 0.15) is 5.75 Å². The van der Waals surface area contributed by atoms with Crippen molar-refractivity contribution in [2.75, 3.05) is 18.0 Å². The van der Waals surface area contributed by atoms with E-state index in [1.807, 2.05) is 0 Å². The molecule has 1 amide bonds. The summed E-state index contributed by atoms with van der Waals surface area (Å²) in [5.41, 5.74) is 1.05. The maximum Gasteiger partial charge on any atom is 0.387 e. The fourth-order valence-electron chi connectivity index (χ4n) is 2.28. The Hall–Kier alpha value is -2.39. The summed E-state index contributed by atoms with van der Waals surface area (Å²) in [6.45, 7) is -2.69. The Bertz CT molecular complexity index is 921. The lowest BCUT2D eigenvalue weighted by Gasteiger charge is -2.18. The van der Waals surface area contributed by atoms with Gasteiger partial charge in [0, 0.05) is 19.2 Å². The lowest BCUT2D eigenvalue weighted by molar-refractivity contribution is -0.0498. The van der Waals surface area contributed by atoms with Crippen molar-refractivity contribution in [3.8, 4) is 5.75 Å². The molecule has 146 valence electrons. The van der Waals surface area contributed by atoms with Crippen LogP contribution < -0.4 is 9.46 Å². The lowest BCUT2D eigenvalue weighted by atomic mass is 10.1. The first-order valence-electron chi connectivity index (χ1n) is 7.62. The monoisotopic (exact) mass is 418 g/mol. The quantitative estimate of drug-likeness (QED) is 0.745. The summed E-state index contributed by atoms with van der Waals surface area (Å²) >= 11 is 5.95. The van der Waals surface area contributed by atoms with Crippen LogP contribution in [0.3, 0.4) is 0 Å². The van der Waals surface area contributed by atoms with Crippen LogP contribution in [-0.2, 0) is 16.6 Å². The predicted molar refractivity (Wildman–Crippen MR) is 98.8 cm³/mol. The van der Waals surface area contributed by atoms with E-state index < -0.39 is 16.6 Å². The average Bonchev–Trinajstić information content (AvgIpc) is 2.56. The summed E-state index contributed by atoms with van der Waals surface area (Å²) in [5.74, 6) is -0.340. The van der Waals surface area contributed by atoms with E-state index in [1.165, 1.54) is 35.2 Å². The molecule has 0 fully saturated rings. The lowest BCUT2D eigenvalue weighted by Crippen LogP contribution is -2.26. The molecule has 27 heavy (non-hydrogen) atoms. The zero-order valence-electron chi connectivity index (χ0n) is 14.4. The number of carbonyl (C=O) groups excluding carboxylic acids is 1. The van der Waals surface area contributed by atoms with Crippen LogP contribution in [0.1, 0.15) is 15.9 Å². The average molecular weight is 419 g/mol. The van der Waals surface area contributed by atoms with Crippen molar-refractivity contribution >= 4 is 33.2 Å². The Balaban J connectivity index is 2.11. The number of hydrogen-bond acceptors (Lipinski definition) is 4. The van der Waals surface area contributed by atoms with Crippen molar-refractivity contribution in [1.29, 1.82) is 0 Å². The summed E-state index contributed by atoms with van der Waals surface area (Å²) in [4.78, 5) is 14.0. The van der Waals surface area contributed by atoms with Crippen LogP contribution in [0.25, 0.3) is 0 Å². The van der Waals surface area contributed by atoms with Gasteiger partial charge in [-0.25, -0.2) is 8.42 Å². The summed E-state index contributed by atoms with van der Waals surface area (Å²) in [5, 5.41) is 0.161. The number of ether oxygens (including phenoxy) is 1. The maximum absolute atomic E-state index is 12.6. The number of anilines is 1. The van der Waals surface area contributed by atoms with Gasteiger partial charge < -0.3 is 9.64 Å². The fraction of sp³-hybridized carbons (Fsp3) is 0.235. The molecular formula is C17H17ClF2N2O4S. The molecule has 0 atom stereocenters. The maximum atomic E-state index is 12.6. The smallest absolute Gasteiger partial charge is 0.387 e. The minimum Gasteiger partial charge on any atom is -0.435 e. The van der Waals surface area contributed by atoms with E-state index in [0.29, 0.717) is 5.56 Å². The van der Waals surface area contributed by atoms with Gasteiger partial charge in [0.15, 0.2) is 0 Å². The molecule has 6 nitrogen and oxygen atoms in total. The zero-order chi connectivity index (χ0) is 20.2. The third-order valence-corrected chi connectivity index (χ3v) is 4.34. The van der Waals surface area contributed by atoms with Crippen molar-refractivity contribution in [1.82, 2.24) is 4.90 Å². The minimum atomic E-state index is -3.55. The first-order chi connectivity index (χ1) is 12.5. The van der Waals surface area contributed by atoms with E-state index in [4.69, 9.17) is 11.6 Å². The van der Waals surface area contributed by atoms with Crippen LogP contribution in [-0.4, -0.2) is 39.1 Å². The molecule has 0 spiro atoms. The largest absolute Gasteiger partial charge is 0.435 e. The predicted octanol–water partition coefficient (Wildman–Crippen LogP) is 3.59. The molecule has 0 aliphatic heterocycles. The number of sulfonamides is 1. The SMILES string of the molecule is CN(Cc1ccc(OC(F)F)cc1)C(=O)c1ccc(Cl)c(NS(C)(=O)=O)c1. The molecule has 0 unspecified atom stereocenters. The van der Waals surface area contributed by atoms with Gasteiger partial charge in [0.05, 0.1) is 17.0 Å². The number of nitrogens with zero attached hydrogens (tertiary/aromatic N) is 1. The number of hydrogen-bond donors (Lipinski definition) is 1. The molecular weight excluding hydrogens is 402 g/mol. The Labute approximate surface area is 160 Å². The molecule has 2 rings (SSSR count).